The maximum absolute atomic E-state index is 14.7. The molecule has 184 valence electrons. The van der Waals surface area contributed by atoms with Crippen molar-refractivity contribution < 1.29 is 13.6 Å². The Kier molecular flexibility index (Phi) is 6.36. The standard InChI is InChI=1S/C28H32F2N4O/c1-31-27-22(28(18-35)10-4-11-28)15-19(16-24(27)32-21-8-13-33(2)14-9-21)25-5-3-12-34(25)26-7-6-20(29)17-23(26)30/h3,5-7,12,15-18,21,31-32H,4,8-11,13-14H2,1-2H3. The minimum absolute atomic E-state index is 0.282. The van der Waals surface area contributed by atoms with Crippen molar-refractivity contribution in [2.45, 2.75) is 43.6 Å². The molecule has 7 heteroatoms. The summed E-state index contributed by atoms with van der Waals surface area (Å²) in [6.45, 7) is 2.06. The molecule has 0 bridgehead atoms. The number of halogens is 2. The molecule has 5 rings (SSSR count). The lowest BCUT2D eigenvalue weighted by molar-refractivity contribution is -0.115. The highest BCUT2D eigenvalue weighted by Gasteiger charge is 2.41. The predicted octanol–water partition coefficient (Wildman–Crippen LogP) is 5.59. The van der Waals surface area contributed by atoms with Crippen LogP contribution in [0.1, 0.15) is 37.7 Å². The molecule has 0 atom stereocenters. The minimum atomic E-state index is -0.623. The number of hydrogen-bond acceptors (Lipinski definition) is 4. The lowest BCUT2D eigenvalue weighted by atomic mass is 9.64. The van der Waals surface area contributed by atoms with Gasteiger partial charge in [-0.15, -0.1) is 0 Å². The number of carbonyl (C=O) groups is 1. The van der Waals surface area contributed by atoms with Gasteiger partial charge in [0.15, 0.2) is 0 Å². The highest BCUT2D eigenvalue weighted by molar-refractivity contribution is 5.86. The second-order valence-electron chi connectivity index (χ2n) is 9.90. The van der Waals surface area contributed by atoms with E-state index in [4.69, 9.17) is 0 Å². The zero-order chi connectivity index (χ0) is 24.6. The van der Waals surface area contributed by atoms with E-state index in [2.05, 4.69) is 34.7 Å². The Hall–Kier alpha value is -3.19. The number of carbonyl (C=O) groups excluding carboxylic acids is 1. The van der Waals surface area contributed by atoms with E-state index in [1.165, 1.54) is 12.1 Å². The van der Waals surface area contributed by atoms with Crippen LogP contribution in [0.2, 0.25) is 0 Å². The van der Waals surface area contributed by atoms with E-state index in [9.17, 15) is 13.6 Å². The summed E-state index contributed by atoms with van der Waals surface area (Å²) >= 11 is 0. The molecular weight excluding hydrogens is 446 g/mol. The van der Waals surface area contributed by atoms with Crippen LogP contribution in [0.25, 0.3) is 16.9 Å². The number of piperidine rings is 1. The SMILES string of the molecule is CNc1c(NC2CCN(C)CC2)cc(-c2cccn2-c2ccc(F)cc2F)cc1C1(C=O)CCC1. The Morgan fingerprint density at radius 2 is 1.86 bits per heavy atom. The zero-order valence-corrected chi connectivity index (χ0v) is 20.3. The van der Waals surface area contributed by atoms with Crippen molar-refractivity contribution in [3.8, 4) is 16.9 Å². The van der Waals surface area contributed by atoms with Crippen molar-refractivity contribution in [3.05, 3.63) is 65.9 Å². The number of anilines is 2. The quantitative estimate of drug-likeness (QED) is 0.435. The predicted molar refractivity (Wildman–Crippen MR) is 136 cm³/mol. The van der Waals surface area contributed by atoms with Crippen molar-refractivity contribution in [1.82, 2.24) is 9.47 Å². The number of hydrogen-bond donors (Lipinski definition) is 2. The van der Waals surface area contributed by atoms with Gasteiger partial charge in [-0.2, -0.15) is 0 Å². The number of rotatable bonds is 7. The highest BCUT2D eigenvalue weighted by atomic mass is 19.1. The molecule has 1 aliphatic heterocycles. The third kappa shape index (κ3) is 4.33. The van der Waals surface area contributed by atoms with Crippen LogP contribution in [0, 0.1) is 11.6 Å². The van der Waals surface area contributed by atoms with Gasteiger partial charge in [0.25, 0.3) is 0 Å². The summed E-state index contributed by atoms with van der Waals surface area (Å²) in [6, 6.07) is 11.9. The van der Waals surface area contributed by atoms with Crippen LogP contribution in [0.4, 0.5) is 20.2 Å². The van der Waals surface area contributed by atoms with E-state index in [0.29, 0.717) is 6.04 Å². The van der Waals surface area contributed by atoms with Gasteiger partial charge in [0.2, 0.25) is 0 Å². The fourth-order valence-corrected chi connectivity index (χ4v) is 5.45. The number of benzene rings is 2. The van der Waals surface area contributed by atoms with Gasteiger partial charge in [-0.05, 0) is 87.8 Å². The summed E-state index contributed by atoms with van der Waals surface area (Å²) in [5.74, 6) is -1.23. The molecule has 2 fully saturated rings. The van der Waals surface area contributed by atoms with Crippen LogP contribution in [0.3, 0.4) is 0 Å². The second-order valence-corrected chi connectivity index (χ2v) is 9.90. The van der Waals surface area contributed by atoms with E-state index in [1.54, 1.807) is 10.8 Å². The van der Waals surface area contributed by atoms with Crippen LogP contribution >= 0.6 is 0 Å². The minimum Gasteiger partial charge on any atom is -0.386 e. The molecular formula is C28H32F2N4O. The van der Waals surface area contributed by atoms with Gasteiger partial charge in [-0.1, -0.05) is 6.42 Å². The first-order chi connectivity index (χ1) is 16.9. The molecule has 2 heterocycles. The molecule has 1 saturated heterocycles. The van der Waals surface area contributed by atoms with Crippen LogP contribution in [0.5, 0.6) is 0 Å². The summed E-state index contributed by atoms with van der Waals surface area (Å²) < 4.78 is 30.0. The van der Waals surface area contributed by atoms with Gasteiger partial charge in [0.05, 0.1) is 28.2 Å². The second kappa shape index (κ2) is 9.46. The molecule has 0 spiro atoms. The fraction of sp³-hybridized carbons (Fsp3) is 0.393. The summed E-state index contributed by atoms with van der Waals surface area (Å²) in [5, 5.41) is 7.11. The Balaban J connectivity index is 1.63. The van der Waals surface area contributed by atoms with E-state index in [-0.39, 0.29) is 5.69 Å². The zero-order valence-electron chi connectivity index (χ0n) is 20.3. The lowest BCUT2D eigenvalue weighted by Crippen LogP contribution is -2.38. The highest BCUT2D eigenvalue weighted by Crippen LogP contribution is 2.48. The molecule has 3 aromatic rings. The summed E-state index contributed by atoms with van der Waals surface area (Å²) in [5.41, 5.74) is 4.31. The van der Waals surface area contributed by atoms with E-state index >= 15 is 0 Å². The number of aldehydes is 1. The molecule has 0 amide bonds. The van der Waals surface area contributed by atoms with Gasteiger partial charge in [-0.25, -0.2) is 8.78 Å². The van der Waals surface area contributed by atoms with Crippen molar-refractivity contribution in [1.29, 1.82) is 0 Å². The third-order valence-electron chi connectivity index (χ3n) is 7.69. The lowest BCUT2D eigenvalue weighted by Gasteiger charge is -2.40. The molecule has 35 heavy (non-hydrogen) atoms. The molecule has 0 unspecified atom stereocenters. The average molecular weight is 479 g/mol. The van der Waals surface area contributed by atoms with Crippen LogP contribution in [0.15, 0.2) is 48.7 Å². The maximum atomic E-state index is 14.7. The molecule has 1 saturated carbocycles. The molecule has 2 N–H and O–H groups in total. The molecule has 2 aliphatic rings. The van der Waals surface area contributed by atoms with E-state index in [0.717, 1.165) is 85.7 Å². The first-order valence-corrected chi connectivity index (χ1v) is 12.3. The molecule has 5 nitrogen and oxygen atoms in total. The molecule has 1 aliphatic carbocycles. The van der Waals surface area contributed by atoms with Gasteiger partial charge in [0, 0.05) is 30.9 Å². The van der Waals surface area contributed by atoms with Crippen LogP contribution < -0.4 is 10.6 Å². The van der Waals surface area contributed by atoms with E-state index < -0.39 is 17.0 Å². The third-order valence-corrected chi connectivity index (χ3v) is 7.69. The van der Waals surface area contributed by atoms with Crippen molar-refractivity contribution in [2.24, 2.45) is 0 Å². The Morgan fingerprint density at radius 3 is 2.49 bits per heavy atom. The Labute approximate surface area is 205 Å². The van der Waals surface area contributed by atoms with Gasteiger partial charge in [0.1, 0.15) is 17.9 Å². The summed E-state index contributed by atoms with van der Waals surface area (Å²) in [7, 11) is 4.03. The normalized spacial score (nSPS) is 18.2. The summed E-state index contributed by atoms with van der Waals surface area (Å²) in [6.07, 6.45) is 7.59. The smallest absolute Gasteiger partial charge is 0.150 e. The first kappa shape index (κ1) is 23.5. The number of likely N-dealkylation sites (tertiary alicyclic amines) is 1. The van der Waals surface area contributed by atoms with Crippen molar-refractivity contribution in [2.75, 3.05) is 37.8 Å². The van der Waals surface area contributed by atoms with Crippen LogP contribution in [-0.4, -0.2) is 49.0 Å². The number of aromatic nitrogens is 1. The first-order valence-electron chi connectivity index (χ1n) is 12.3. The molecule has 1 aromatic heterocycles. The largest absolute Gasteiger partial charge is 0.386 e. The summed E-state index contributed by atoms with van der Waals surface area (Å²) in [4.78, 5) is 14.7. The van der Waals surface area contributed by atoms with E-state index in [1.807, 2.05) is 19.2 Å². The van der Waals surface area contributed by atoms with Gasteiger partial charge >= 0.3 is 0 Å². The van der Waals surface area contributed by atoms with Gasteiger partial charge < -0.3 is 24.9 Å². The number of nitrogens with one attached hydrogen (secondary N) is 2. The van der Waals surface area contributed by atoms with Crippen molar-refractivity contribution in [3.63, 3.8) is 0 Å². The maximum Gasteiger partial charge on any atom is 0.150 e. The topological polar surface area (TPSA) is 49.3 Å². The van der Waals surface area contributed by atoms with Gasteiger partial charge in [-0.3, -0.25) is 0 Å². The average Bonchev–Trinajstić information content (AvgIpc) is 3.30. The van der Waals surface area contributed by atoms with Crippen LogP contribution in [-0.2, 0) is 10.2 Å². The molecule has 2 aromatic carbocycles. The fourth-order valence-electron chi connectivity index (χ4n) is 5.45. The Morgan fingerprint density at radius 1 is 1.09 bits per heavy atom. The monoisotopic (exact) mass is 478 g/mol. The molecule has 0 radical (unpaired) electrons. The van der Waals surface area contributed by atoms with Crippen molar-refractivity contribution >= 4 is 17.7 Å². The number of nitrogens with zero attached hydrogens (tertiary/aromatic N) is 2. The Bertz CT molecular complexity index is 1230.